The summed E-state index contributed by atoms with van der Waals surface area (Å²) in [7, 11) is 0. The van der Waals surface area contributed by atoms with E-state index in [1.54, 1.807) is 0 Å². The number of halogens is 4. The van der Waals surface area contributed by atoms with Gasteiger partial charge in [0.1, 0.15) is 0 Å². The average molecular weight is 309 g/mol. The number of hydrogen-bond donors (Lipinski definition) is 2. The summed E-state index contributed by atoms with van der Waals surface area (Å²) in [6, 6.07) is 2.05. The van der Waals surface area contributed by atoms with Crippen LogP contribution >= 0.6 is 11.6 Å². The second kappa shape index (κ2) is 6.95. The van der Waals surface area contributed by atoms with Crippen molar-refractivity contribution in [2.24, 2.45) is 5.73 Å². The Labute approximate surface area is 120 Å². The zero-order valence-electron chi connectivity index (χ0n) is 10.9. The molecule has 0 aliphatic heterocycles. The number of benzene rings is 1. The van der Waals surface area contributed by atoms with E-state index in [9.17, 15) is 18.0 Å². The van der Waals surface area contributed by atoms with Gasteiger partial charge in [0.15, 0.2) is 0 Å². The minimum atomic E-state index is -4.47. The molecule has 1 aromatic carbocycles. The largest absolute Gasteiger partial charge is 0.416 e. The van der Waals surface area contributed by atoms with E-state index in [-0.39, 0.29) is 10.7 Å². The van der Waals surface area contributed by atoms with Gasteiger partial charge in [-0.05, 0) is 24.6 Å². The maximum absolute atomic E-state index is 12.5. The Morgan fingerprint density at radius 2 is 2.10 bits per heavy atom. The lowest BCUT2D eigenvalue weighted by Crippen LogP contribution is -2.35. The highest BCUT2D eigenvalue weighted by Crippen LogP contribution is 2.33. The fraction of sp³-hybridized carbons (Fsp3) is 0.462. The number of carbonyl (C=O) groups excluding carboxylic acids is 1. The van der Waals surface area contributed by atoms with E-state index in [4.69, 9.17) is 17.3 Å². The van der Waals surface area contributed by atoms with E-state index < -0.39 is 23.7 Å². The molecule has 7 heteroatoms. The average Bonchev–Trinajstić information content (AvgIpc) is 2.36. The summed E-state index contributed by atoms with van der Waals surface area (Å²) in [5.41, 5.74) is 4.92. The molecule has 1 amide bonds. The van der Waals surface area contributed by atoms with Crippen LogP contribution in [-0.2, 0) is 11.0 Å². The van der Waals surface area contributed by atoms with Gasteiger partial charge < -0.3 is 11.1 Å². The van der Waals surface area contributed by atoms with Crippen molar-refractivity contribution in [2.75, 3.05) is 5.32 Å². The van der Waals surface area contributed by atoms with Crippen LogP contribution in [0.3, 0.4) is 0 Å². The van der Waals surface area contributed by atoms with Crippen LogP contribution < -0.4 is 11.1 Å². The first-order valence-corrected chi connectivity index (χ1v) is 6.56. The zero-order valence-corrected chi connectivity index (χ0v) is 11.7. The van der Waals surface area contributed by atoms with Crippen molar-refractivity contribution in [1.82, 2.24) is 0 Å². The summed E-state index contributed by atoms with van der Waals surface area (Å²) >= 11 is 5.73. The number of nitrogens with two attached hydrogens (primary N) is 1. The van der Waals surface area contributed by atoms with E-state index in [0.717, 1.165) is 31.0 Å². The van der Waals surface area contributed by atoms with Crippen molar-refractivity contribution in [3.8, 4) is 0 Å². The molecule has 0 aliphatic carbocycles. The van der Waals surface area contributed by atoms with Crippen molar-refractivity contribution in [3.05, 3.63) is 28.8 Å². The van der Waals surface area contributed by atoms with Crippen LogP contribution in [0.5, 0.6) is 0 Å². The molecule has 0 aromatic heterocycles. The second-order valence-electron chi connectivity index (χ2n) is 4.43. The number of unbranched alkanes of at least 4 members (excludes halogenated alkanes) is 1. The van der Waals surface area contributed by atoms with Gasteiger partial charge in [0.05, 0.1) is 22.3 Å². The summed E-state index contributed by atoms with van der Waals surface area (Å²) < 4.78 is 37.4. The third-order valence-electron chi connectivity index (χ3n) is 2.76. The number of hydrogen-bond acceptors (Lipinski definition) is 2. The van der Waals surface area contributed by atoms with Crippen LogP contribution in [0.15, 0.2) is 18.2 Å². The highest BCUT2D eigenvalue weighted by Gasteiger charge is 2.31. The Balaban J connectivity index is 2.76. The van der Waals surface area contributed by atoms with Crippen molar-refractivity contribution >= 4 is 23.2 Å². The first kappa shape index (κ1) is 16.8. The quantitative estimate of drug-likeness (QED) is 0.869. The molecule has 1 atom stereocenters. The number of alkyl halides is 3. The van der Waals surface area contributed by atoms with E-state index in [2.05, 4.69) is 5.32 Å². The molecule has 0 heterocycles. The predicted molar refractivity (Wildman–Crippen MR) is 72.6 cm³/mol. The molecule has 1 unspecified atom stereocenters. The fourth-order valence-electron chi connectivity index (χ4n) is 1.57. The summed E-state index contributed by atoms with van der Waals surface area (Å²) in [5, 5.41) is 2.26. The first-order valence-electron chi connectivity index (χ1n) is 6.19. The molecule has 0 fully saturated rings. The van der Waals surface area contributed by atoms with Crippen molar-refractivity contribution in [2.45, 2.75) is 38.4 Å². The molecule has 0 spiro atoms. The minimum Gasteiger partial charge on any atom is -0.323 e. The third-order valence-corrected chi connectivity index (χ3v) is 3.07. The van der Waals surface area contributed by atoms with Gasteiger partial charge in [-0.2, -0.15) is 13.2 Å². The maximum Gasteiger partial charge on any atom is 0.416 e. The van der Waals surface area contributed by atoms with Gasteiger partial charge in [0.2, 0.25) is 5.91 Å². The van der Waals surface area contributed by atoms with Gasteiger partial charge >= 0.3 is 6.18 Å². The number of carbonyl (C=O) groups is 1. The van der Waals surface area contributed by atoms with Crippen LogP contribution in [0.2, 0.25) is 5.02 Å². The van der Waals surface area contributed by atoms with Crippen LogP contribution in [0.4, 0.5) is 18.9 Å². The first-order chi connectivity index (χ1) is 9.25. The molecule has 20 heavy (non-hydrogen) atoms. The monoisotopic (exact) mass is 308 g/mol. The molecule has 0 radical (unpaired) electrons. The van der Waals surface area contributed by atoms with Gasteiger partial charge in [0.25, 0.3) is 0 Å². The molecule has 0 saturated heterocycles. The van der Waals surface area contributed by atoms with E-state index in [1.807, 2.05) is 6.92 Å². The molecule has 3 nitrogen and oxygen atoms in total. The summed E-state index contributed by atoms with van der Waals surface area (Å²) in [6.45, 7) is 1.97. The SMILES string of the molecule is CCCCC(N)C(=O)Nc1ccc(C(F)(F)F)cc1Cl. The van der Waals surface area contributed by atoms with Gasteiger partial charge in [0, 0.05) is 0 Å². The Bertz CT molecular complexity index is 477. The van der Waals surface area contributed by atoms with Gasteiger partial charge in [-0.15, -0.1) is 0 Å². The molecular formula is C13H16ClF3N2O. The molecule has 112 valence electrons. The molecular weight excluding hydrogens is 293 g/mol. The lowest BCUT2D eigenvalue weighted by Gasteiger charge is -2.14. The van der Waals surface area contributed by atoms with Crippen LogP contribution in [0.1, 0.15) is 31.7 Å². The van der Waals surface area contributed by atoms with Gasteiger partial charge in [-0.1, -0.05) is 31.4 Å². The molecule has 0 saturated carbocycles. The Hall–Kier alpha value is -1.27. The van der Waals surface area contributed by atoms with E-state index >= 15 is 0 Å². The number of amides is 1. The fourth-order valence-corrected chi connectivity index (χ4v) is 1.80. The van der Waals surface area contributed by atoms with Gasteiger partial charge in [-0.3, -0.25) is 4.79 Å². The maximum atomic E-state index is 12.5. The number of rotatable bonds is 5. The highest BCUT2D eigenvalue weighted by molar-refractivity contribution is 6.33. The van der Waals surface area contributed by atoms with E-state index in [0.29, 0.717) is 6.42 Å². The van der Waals surface area contributed by atoms with E-state index in [1.165, 1.54) is 0 Å². The molecule has 1 aromatic rings. The lowest BCUT2D eigenvalue weighted by atomic mass is 10.1. The Morgan fingerprint density at radius 3 is 2.60 bits per heavy atom. The number of anilines is 1. The Morgan fingerprint density at radius 1 is 1.45 bits per heavy atom. The summed E-state index contributed by atoms with van der Waals surface area (Å²) in [4.78, 5) is 11.7. The van der Waals surface area contributed by atoms with Crippen LogP contribution in [0.25, 0.3) is 0 Å². The molecule has 3 N–H and O–H groups in total. The second-order valence-corrected chi connectivity index (χ2v) is 4.84. The van der Waals surface area contributed by atoms with Crippen molar-refractivity contribution < 1.29 is 18.0 Å². The lowest BCUT2D eigenvalue weighted by molar-refractivity contribution is -0.137. The highest BCUT2D eigenvalue weighted by atomic mass is 35.5. The normalized spacial score (nSPS) is 13.1. The predicted octanol–water partition coefficient (Wildman–Crippen LogP) is 3.81. The van der Waals surface area contributed by atoms with Crippen molar-refractivity contribution in [1.29, 1.82) is 0 Å². The standard InChI is InChI=1S/C13H16ClF3N2O/c1-2-3-4-10(18)12(20)19-11-6-5-8(7-9(11)14)13(15,16)17/h5-7,10H,2-4,18H2,1H3,(H,19,20). The summed E-state index contributed by atoms with van der Waals surface area (Å²) in [6.07, 6.45) is -2.25. The molecule has 0 aliphatic rings. The van der Waals surface area contributed by atoms with Crippen LogP contribution in [-0.4, -0.2) is 11.9 Å². The smallest absolute Gasteiger partial charge is 0.323 e. The minimum absolute atomic E-state index is 0.122. The number of nitrogens with one attached hydrogen (secondary N) is 1. The third kappa shape index (κ3) is 4.68. The topological polar surface area (TPSA) is 55.1 Å². The zero-order chi connectivity index (χ0) is 15.3. The molecule has 0 bridgehead atoms. The summed E-state index contributed by atoms with van der Waals surface area (Å²) in [5.74, 6) is -0.458. The van der Waals surface area contributed by atoms with Crippen LogP contribution in [0, 0.1) is 0 Å². The Kier molecular flexibility index (Phi) is 5.83. The molecule has 1 rings (SSSR count). The van der Waals surface area contributed by atoms with Crippen molar-refractivity contribution in [3.63, 3.8) is 0 Å². The van der Waals surface area contributed by atoms with Gasteiger partial charge in [-0.25, -0.2) is 0 Å².